The molecule has 3 aliphatic carbocycles. The minimum absolute atomic E-state index is 0.0487. The van der Waals surface area contributed by atoms with Gasteiger partial charge in [0, 0.05) is 29.3 Å². The van der Waals surface area contributed by atoms with Gasteiger partial charge in [0.1, 0.15) is 11.6 Å². The smallest absolute Gasteiger partial charge is 0.299 e. The lowest BCUT2D eigenvalue weighted by Gasteiger charge is -2.14. The Morgan fingerprint density at radius 3 is 2.35 bits per heavy atom. The number of imidazole rings is 2. The Morgan fingerprint density at radius 1 is 0.860 bits per heavy atom. The van der Waals surface area contributed by atoms with Gasteiger partial charge in [-0.2, -0.15) is 8.78 Å². The Labute approximate surface area is 248 Å². The highest BCUT2D eigenvalue weighted by molar-refractivity contribution is 5.86. The molecule has 4 N–H and O–H groups in total. The minimum Gasteiger partial charge on any atom is -0.341 e. The average molecular weight is 577 g/mol. The molecule has 0 unspecified atom stereocenters. The Morgan fingerprint density at radius 2 is 1.58 bits per heavy atom. The number of alkyl halides is 2. The molecule has 4 aliphatic rings. The number of hydrogen-bond acceptors (Lipinski definition) is 4. The maximum absolute atomic E-state index is 16.1. The number of nitrogens with zero attached hydrogens (tertiary/aromatic N) is 2. The quantitative estimate of drug-likeness (QED) is 0.168. The molecule has 0 radical (unpaired) electrons. The fraction of sp³-hybridized carbons (Fsp3) is 0.371. The molecule has 5 aromatic rings. The van der Waals surface area contributed by atoms with E-state index >= 15 is 8.78 Å². The van der Waals surface area contributed by atoms with E-state index in [1.165, 1.54) is 38.5 Å². The molecule has 1 spiro atoms. The van der Waals surface area contributed by atoms with Crippen molar-refractivity contribution >= 4 is 11.0 Å². The monoisotopic (exact) mass is 576 g/mol. The van der Waals surface area contributed by atoms with Crippen LogP contribution in [0, 0.1) is 5.41 Å². The van der Waals surface area contributed by atoms with Gasteiger partial charge in [-0.05, 0) is 84.0 Å². The van der Waals surface area contributed by atoms with Crippen LogP contribution in [-0.2, 0) is 12.5 Å². The van der Waals surface area contributed by atoms with Crippen molar-refractivity contribution in [3.05, 3.63) is 83.6 Å². The van der Waals surface area contributed by atoms with Crippen LogP contribution in [-0.4, -0.2) is 32.5 Å². The number of aromatic nitrogens is 4. The summed E-state index contributed by atoms with van der Waals surface area (Å²) in [6.45, 7) is 1.74. The van der Waals surface area contributed by atoms with Crippen molar-refractivity contribution in [1.82, 2.24) is 30.6 Å². The molecule has 3 heterocycles. The van der Waals surface area contributed by atoms with Gasteiger partial charge in [-0.15, -0.1) is 0 Å². The first-order valence-corrected chi connectivity index (χ1v) is 15.6. The number of hydrogen-bond donors (Lipinski definition) is 4. The summed E-state index contributed by atoms with van der Waals surface area (Å²) in [4.78, 5) is 16.2. The van der Waals surface area contributed by atoms with Crippen LogP contribution in [0.25, 0.3) is 44.5 Å². The fourth-order valence-electron chi connectivity index (χ4n) is 7.60. The Bertz CT molecular complexity index is 1880. The van der Waals surface area contributed by atoms with Crippen LogP contribution in [0.1, 0.15) is 73.8 Å². The molecule has 8 heteroatoms. The van der Waals surface area contributed by atoms with Gasteiger partial charge in [0.2, 0.25) is 0 Å². The molecule has 9 rings (SSSR count). The average Bonchev–Trinajstić information content (AvgIpc) is 3.60. The molecular weight excluding hydrogens is 542 g/mol. The van der Waals surface area contributed by atoms with Crippen molar-refractivity contribution < 1.29 is 8.78 Å². The molecule has 218 valence electrons. The molecule has 0 amide bonds. The first kappa shape index (κ1) is 25.6. The molecule has 2 aromatic heterocycles. The van der Waals surface area contributed by atoms with Gasteiger partial charge in [0.05, 0.1) is 35.5 Å². The van der Waals surface area contributed by atoms with Crippen molar-refractivity contribution in [3.8, 4) is 33.5 Å². The normalized spacial score (nSPS) is 21.6. The highest BCUT2D eigenvalue weighted by atomic mass is 19.3. The van der Waals surface area contributed by atoms with E-state index in [1.807, 2.05) is 42.5 Å². The zero-order valence-corrected chi connectivity index (χ0v) is 23.9. The molecule has 6 nitrogen and oxygen atoms in total. The Balaban J connectivity index is 0.985. The van der Waals surface area contributed by atoms with Crippen LogP contribution in [0.2, 0.25) is 0 Å². The lowest BCUT2D eigenvalue weighted by molar-refractivity contribution is 0.0481. The van der Waals surface area contributed by atoms with Gasteiger partial charge in [-0.25, -0.2) is 9.97 Å². The topological polar surface area (TPSA) is 81.4 Å². The van der Waals surface area contributed by atoms with Crippen molar-refractivity contribution in [3.63, 3.8) is 0 Å². The summed E-state index contributed by atoms with van der Waals surface area (Å²) in [5.74, 6) is -1.30. The summed E-state index contributed by atoms with van der Waals surface area (Å²) < 4.78 is 32.1. The van der Waals surface area contributed by atoms with Crippen molar-refractivity contribution in [1.29, 1.82) is 0 Å². The number of fused-ring (bicyclic) bond motifs is 4. The van der Waals surface area contributed by atoms with Gasteiger partial charge in [0.15, 0.2) is 0 Å². The highest BCUT2D eigenvalue weighted by Crippen LogP contribution is 2.55. The number of H-pyrrole nitrogens is 2. The molecule has 1 atom stereocenters. The first-order valence-electron chi connectivity index (χ1n) is 15.6. The SMILES string of the molecule is FC1(F)c2cc(-c3ccc4nc(CNC5CCCC5)[nH]c4c3)ccc2-c2ccc(-c3cnc([C@@H]4CC5(CC5)CN4)[nH]3)cc21. The van der Waals surface area contributed by atoms with E-state index in [2.05, 4.69) is 25.6 Å². The van der Waals surface area contributed by atoms with Crippen LogP contribution >= 0.6 is 0 Å². The van der Waals surface area contributed by atoms with Crippen LogP contribution in [0.15, 0.2) is 60.8 Å². The van der Waals surface area contributed by atoms with Gasteiger partial charge in [0.25, 0.3) is 5.92 Å². The number of halogens is 2. The Hall–Kier alpha value is -3.88. The second kappa shape index (κ2) is 9.31. The van der Waals surface area contributed by atoms with Crippen LogP contribution < -0.4 is 10.6 Å². The third-order valence-corrected chi connectivity index (χ3v) is 10.3. The molecule has 0 bridgehead atoms. The third-order valence-electron chi connectivity index (χ3n) is 10.3. The second-order valence-electron chi connectivity index (χ2n) is 13.2. The summed E-state index contributed by atoms with van der Waals surface area (Å²) >= 11 is 0. The zero-order valence-electron chi connectivity index (χ0n) is 23.9. The lowest BCUT2D eigenvalue weighted by Crippen LogP contribution is -2.25. The number of aromatic amines is 2. The summed E-state index contributed by atoms with van der Waals surface area (Å²) in [7, 11) is 0. The molecule has 1 saturated heterocycles. The van der Waals surface area contributed by atoms with E-state index in [4.69, 9.17) is 4.98 Å². The van der Waals surface area contributed by atoms with Crippen molar-refractivity contribution in [2.45, 2.75) is 69.5 Å². The number of nitrogens with one attached hydrogen (secondary N) is 4. The molecular formula is C35H34F2N6. The maximum atomic E-state index is 16.1. The van der Waals surface area contributed by atoms with Gasteiger partial charge >= 0.3 is 0 Å². The van der Waals surface area contributed by atoms with E-state index in [9.17, 15) is 0 Å². The molecule has 2 saturated carbocycles. The van der Waals surface area contributed by atoms with E-state index in [1.54, 1.807) is 18.3 Å². The predicted molar refractivity (Wildman–Crippen MR) is 164 cm³/mol. The molecule has 43 heavy (non-hydrogen) atoms. The number of rotatable bonds is 6. The van der Waals surface area contributed by atoms with Crippen molar-refractivity contribution in [2.75, 3.05) is 6.54 Å². The standard InChI is InChI=1S/C35H34F2N6/c36-35(37)26-13-20(21-7-10-28-29(15-21)42-32(41-28)18-38-23-3-1-2-4-23)5-8-24(26)25-9-6-22(14-27(25)35)31-17-39-33(43-31)30-16-34(11-12-34)19-40-30/h5-10,13-15,17,23,30,38,40H,1-4,11-12,16,18-19H2,(H,39,43)(H,41,42)/t30-/m0/s1. The highest BCUT2D eigenvalue weighted by Gasteiger charge is 2.49. The minimum atomic E-state index is -3.10. The first-order chi connectivity index (χ1) is 20.9. The van der Waals surface area contributed by atoms with E-state index < -0.39 is 5.92 Å². The van der Waals surface area contributed by atoms with E-state index in [0.717, 1.165) is 58.0 Å². The summed E-state index contributed by atoms with van der Waals surface area (Å²) in [6.07, 6.45) is 10.4. The van der Waals surface area contributed by atoms with Crippen LogP contribution in [0.3, 0.4) is 0 Å². The summed E-state index contributed by atoms with van der Waals surface area (Å²) in [5.41, 5.74) is 6.70. The summed E-state index contributed by atoms with van der Waals surface area (Å²) in [5, 5.41) is 7.18. The number of benzene rings is 3. The van der Waals surface area contributed by atoms with E-state index in [-0.39, 0.29) is 17.2 Å². The van der Waals surface area contributed by atoms with Gasteiger partial charge < -0.3 is 20.6 Å². The second-order valence-corrected chi connectivity index (χ2v) is 13.2. The molecule has 3 fully saturated rings. The summed E-state index contributed by atoms with van der Waals surface area (Å²) in [6, 6.07) is 17.6. The van der Waals surface area contributed by atoms with Crippen LogP contribution in [0.5, 0.6) is 0 Å². The van der Waals surface area contributed by atoms with Gasteiger partial charge in [-0.3, -0.25) is 0 Å². The molecule has 3 aromatic carbocycles. The zero-order chi connectivity index (χ0) is 28.8. The van der Waals surface area contributed by atoms with Crippen molar-refractivity contribution in [2.24, 2.45) is 5.41 Å². The Kier molecular flexibility index (Phi) is 5.54. The third kappa shape index (κ3) is 4.25. The predicted octanol–water partition coefficient (Wildman–Crippen LogP) is 7.59. The maximum Gasteiger partial charge on any atom is 0.299 e. The van der Waals surface area contributed by atoms with E-state index in [0.29, 0.717) is 29.1 Å². The lowest BCUT2D eigenvalue weighted by atomic mass is 9.98. The largest absolute Gasteiger partial charge is 0.341 e. The fourth-order valence-corrected chi connectivity index (χ4v) is 7.60. The molecule has 1 aliphatic heterocycles. The van der Waals surface area contributed by atoms with Gasteiger partial charge in [-0.1, -0.05) is 43.2 Å². The van der Waals surface area contributed by atoms with Crippen LogP contribution in [0.4, 0.5) is 8.78 Å².